The van der Waals surface area contributed by atoms with E-state index in [9.17, 15) is 0 Å². The number of imidazole rings is 1. The molecule has 0 aliphatic rings. The Hall–Kier alpha value is -2.28. The first-order valence-electron chi connectivity index (χ1n) is 8.69. The minimum atomic E-state index is 0.620. The molecule has 5 nitrogen and oxygen atoms in total. The largest absolute Gasteiger partial charge is 0.383 e. The molecule has 2 aromatic heterocycles. The Balaban J connectivity index is 1.88. The van der Waals surface area contributed by atoms with E-state index in [1.807, 2.05) is 32.3 Å². The topological polar surface area (TPSA) is 41.8 Å². The fraction of sp³-hybridized carbons (Fsp3) is 0.250. The molecule has 4 aromatic rings. The highest BCUT2D eigenvalue weighted by molar-refractivity contribution is 7.23. The summed E-state index contributed by atoms with van der Waals surface area (Å²) in [5.41, 5.74) is 4.23. The minimum absolute atomic E-state index is 0.620. The summed E-state index contributed by atoms with van der Waals surface area (Å²) in [6.07, 6.45) is 0. The smallest absolute Gasteiger partial charge is 0.197 e. The molecule has 140 valence electrons. The van der Waals surface area contributed by atoms with Crippen LogP contribution in [0.2, 0.25) is 5.02 Å². The number of methoxy groups -OCH3 is 1. The van der Waals surface area contributed by atoms with Crippen molar-refractivity contribution in [2.24, 2.45) is 0 Å². The van der Waals surface area contributed by atoms with Gasteiger partial charge in [0.15, 0.2) is 4.96 Å². The van der Waals surface area contributed by atoms with Gasteiger partial charge in [-0.05, 0) is 30.3 Å². The van der Waals surface area contributed by atoms with Crippen LogP contribution >= 0.6 is 22.9 Å². The first-order valence-corrected chi connectivity index (χ1v) is 9.89. The summed E-state index contributed by atoms with van der Waals surface area (Å²) in [6.45, 7) is 1.32. The first kappa shape index (κ1) is 18.1. The number of nitrogens with one attached hydrogen (secondary N) is 1. The molecule has 4 rings (SSSR count). The van der Waals surface area contributed by atoms with E-state index in [-0.39, 0.29) is 0 Å². The van der Waals surface area contributed by atoms with Crippen molar-refractivity contribution in [3.05, 3.63) is 47.5 Å². The van der Waals surface area contributed by atoms with Gasteiger partial charge in [-0.25, -0.2) is 4.98 Å². The predicted octanol–water partition coefficient (Wildman–Crippen LogP) is 4.99. The van der Waals surface area contributed by atoms with Crippen molar-refractivity contribution >= 4 is 49.6 Å². The van der Waals surface area contributed by atoms with Gasteiger partial charge in [0.25, 0.3) is 0 Å². The molecule has 2 heterocycles. The van der Waals surface area contributed by atoms with E-state index in [1.54, 1.807) is 18.4 Å². The second kappa shape index (κ2) is 7.38. The predicted molar refractivity (Wildman–Crippen MR) is 116 cm³/mol. The van der Waals surface area contributed by atoms with Gasteiger partial charge >= 0.3 is 0 Å². The highest BCUT2D eigenvalue weighted by Gasteiger charge is 2.18. The average molecular weight is 401 g/mol. The maximum Gasteiger partial charge on any atom is 0.197 e. The monoisotopic (exact) mass is 400 g/mol. The van der Waals surface area contributed by atoms with Crippen molar-refractivity contribution in [2.75, 3.05) is 44.6 Å². The molecule has 2 aromatic carbocycles. The molecule has 0 atom stereocenters. The first-order chi connectivity index (χ1) is 13.1. The summed E-state index contributed by atoms with van der Waals surface area (Å²) in [6, 6.07) is 14.4. The van der Waals surface area contributed by atoms with Gasteiger partial charge < -0.3 is 15.0 Å². The second-order valence-corrected chi connectivity index (χ2v) is 7.95. The van der Waals surface area contributed by atoms with Crippen molar-refractivity contribution in [3.8, 4) is 11.3 Å². The summed E-state index contributed by atoms with van der Waals surface area (Å²) in [4.78, 5) is 7.95. The van der Waals surface area contributed by atoms with E-state index in [0.717, 1.165) is 43.0 Å². The van der Waals surface area contributed by atoms with Crippen LogP contribution in [-0.4, -0.2) is 43.7 Å². The van der Waals surface area contributed by atoms with Crippen molar-refractivity contribution in [1.82, 2.24) is 9.38 Å². The highest BCUT2D eigenvalue weighted by atomic mass is 35.5. The molecule has 0 amide bonds. The van der Waals surface area contributed by atoms with Gasteiger partial charge in [0.05, 0.1) is 16.8 Å². The van der Waals surface area contributed by atoms with Gasteiger partial charge in [0.2, 0.25) is 0 Å². The molecule has 0 radical (unpaired) electrons. The zero-order valence-corrected chi connectivity index (χ0v) is 17.1. The van der Waals surface area contributed by atoms with Crippen LogP contribution in [0.4, 0.5) is 11.5 Å². The molecule has 0 aliphatic carbocycles. The van der Waals surface area contributed by atoms with E-state index < -0.39 is 0 Å². The number of fused-ring (bicyclic) bond motifs is 3. The maximum absolute atomic E-state index is 6.25. The summed E-state index contributed by atoms with van der Waals surface area (Å²) in [7, 11) is 5.78. The Morgan fingerprint density at radius 3 is 2.67 bits per heavy atom. The maximum atomic E-state index is 6.25. The molecule has 7 heteroatoms. The third kappa shape index (κ3) is 3.36. The SMILES string of the molecule is COCCNc1c(-c2ccc(N(C)C)cc2)nc2sc3ccc(Cl)cc3n12. The standard InChI is InChI=1S/C20H21ClN4OS/c1-24(2)15-7-4-13(5-8-15)18-19(22-10-11-26-3)25-16-12-14(21)6-9-17(16)27-20(25)23-18/h4-9,12,22H,10-11H2,1-3H3. The molecule has 0 saturated heterocycles. The quantitative estimate of drug-likeness (QED) is 0.463. The number of rotatable bonds is 6. The Bertz CT molecular complexity index is 1080. The van der Waals surface area contributed by atoms with Crippen LogP contribution in [0.5, 0.6) is 0 Å². The van der Waals surface area contributed by atoms with Crippen LogP contribution in [0.1, 0.15) is 0 Å². The Kier molecular flexibility index (Phi) is 4.95. The van der Waals surface area contributed by atoms with Crippen LogP contribution in [0.15, 0.2) is 42.5 Å². The van der Waals surface area contributed by atoms with Gasteiger partial charge in [-0.1, -0.05) is 35.1 Å². The second-order valence-electron chi connectivity index (χ2n) is 6.50. The Morgan fingerprint density at radius 2 is 1.96 bits per heavy atom. The number of nitrogens with zero attached hydrogens (tertiary/aromatic N) is 3. The zero-order valence-electron chi connectivity index (χ0n) is 15.5. The number of thiazole rings is 1. The minimum Gasteiger partial charge on any atom is -0.383 e. The van der Waals surface area contributed by atoms with Gasteiger partial charge in [-0.3, -0.25) is 4.40 Å². The lowest BCUT2D eigenvalue weighted by molar-refractivity contribution is 0.210. The van der Waals surface area contributed by atoms with E-state index in [0.29, 0.717) is 13.2 Å². The van der Waals surface area contributed by atoms with Crippen LogP contribution in [0.3, 0.4) is 0 Å². The fourth-order valence-corrected chi connectivity index (χ4v) is 4.27. The Labute approximate surface area is 167 Å². The fourth-order valence-electron chi connectivity index (χ4n) is 3.10. The number of anilines is 2. The molecule has 1 N–H and O–H groups in total. The number of aromatic nitrogens is 2. The van der Waals surface area contributed by atoms with Crippen molar-refractivity contribution < 1.29 is 4.74 Å². The molecule has 0 spiro atoms. The van der Waals surface area contributed by atoms with Gasteiger partial charge in [0, 0.05) is 44.0 Å². The lowest BCUT2D eigenvalue weighted by Gasteiger charge is -2.13. The number of hydrogen-bond donors (Lipinski definition) is 1. The van der Waals surface area contributed by atoms with Gasteiger partial charge in [-0.2, -0.15) is 0 Å². The summed E-state index contributed by atoms with van der Waals surface area (Å²) >= 11 is 7.91. The summed E-state index contributed by atoms with van der Waals surface area (Å²) < 4.78 is 8.52. The van der Waals surface area contributed by atoms with Crippen LogP contribution in [0.25, 0.3) is 26.4 Å². The highest BCUT2D eigenvalue weighted by Crippen LogP contribution is 2.37. The molecular formula is C20H21ClN4OS. The summed E-state index contributed by atoms with van der Waals surface area (Å²) in [5.74, 6) is 0.966. The van der Waals surface area contributed by atoms with E-state index >= 15 is 0 Å². The van der Waals surface area contributed by atoms with Crippen molar-refractivity contribution in [2.45, 2.75) is 0 Å². The van der Waals surface area contributed by atoms with Crippen LogP contribution in [0, 0.1) is 0 Å². The number of benzene rings is 2. The lowest BCUT2D eigenvalue weighted by Crippen LogP contribution is -2.10. The van der Waals surface area contributed by atoms with Crippen molar-refractivity contribution in [1.29, 1.82) is 0 Å². The molecule has 0 aliphatic heterocycles. The summed E-state index contributed by atoms with van der Waals surface area (Å²) in [5, 5.41) is 4.22. The molecule has 27 heavy (non-hydrogen) atoms. The molecule has 0 unspecified atom stereocenters. The van der Waals surface area contributed by atoms with Crippen molar-refractivity contribution in [3.63, 3.8) is 0 Å². The molecule has 0 bridgehead atoms. The number of halogens is 1. The van der Waals surface area contributed by atoms with Crippen LogP contribution in [-0.2, 0) is 4.74 Å². The van der Waals surface area contributed by atoms with E-state index in [1.165, 1.54) is 0 Å². The Morgan fingerprint density at radius 1 is 1.19 bits per heavy atom. The van der Waals surface area contributed by atoms with Gasteiger partial charge in [-0.15, -0.1) is 0 Å². The van der Waals surface area contributed by atoms with Gasteiger partial charge in [0.1, 0.15) is 11.5 Å². The normalized spacial score (nSPS) is 11.4. The molecule has 0 saturated carbocycles. The number of ether oxygens (including phenoxy) is 1. The third-order valence-corrected chi connectivity index (χ3v) is 5.72. The molecule has 0 fully saturated rings. The lowest BCUT2D eigenvalue weighted by atomic mass is 10.1. The third-order valence-electron chi connectivity index (χ3n) is 4.47. The van der Waals surface area contributed by atoms with Crippen LogP contribution < -0.4 is 10.2 Å². The van der Waals surface area contributed by atoms with E-state index in [4.69, 9.17) is 21.3 Å². The zero-order chi connectivity index (χ0) is 19.0. The molecular weight excluding hydrogens is 380 g/mol. The van der Waals surface area contributed by atoms with E-state index in [2.05, 4.69) is 38.9 Å². The average Bonchev–Trinajstić information content (AvgIpc) is 3.18. The number of hydrogen-bond acceptors (Lipinski definition) is 5.